The fourth-order valence-electron chi connectivity index (χ4n) is 2.49. The van der Waals surface area contributed by atoms with Gasteiger partial charge in [0.1, 0.15) is 0 Å². The van der Waals surface area contributed by atoms with Crippen LogP contribution in [0.4, 0.5) is 5.69 Å². The Balaban J connectivity index is 2.16. The molecule has 1 fully saturated rings. The van der Waals surface area contributed by atoms with Crippen LogP contribution in [0.1, 0.15) is 25.3 Å². The monoisotopic (exact) mass is 243 g/mol. The lowest BCUT2D eigenvalue weighted by Crippen LogP contribution is -2.42. The number of likely N-dealkylation sites (N-methyl/N-ethyl adjacent to an activating group) is 1. The Labute approximate surface area is 106 Å². The van der Waals surface area contributed by atoms with Crippen molar-refractivity contribution in [2.75, 3.05) is 11.4 Å². The third-order valence-electron chi connectivity index (χ3n) is 3.55. The summed E-state index contributed by atoms with van der Waals surface area (Å²) in [6.07, 6.45) is 1.55. The standard InChI is InChI=1S/C14H17N3O/c1-2-17-11-6-4-3-5-10(11)12(9-7-8-9)16-13(15)14(17)18/h3-6,9,13H,2,7-8,15H2,1H3. The van der Waals surface area contributed by atoms with Crippen LogP contribution in [0.5, 0.6) is 0 Å². The van der Waals surface area contributed by atoms with Gasteiger partial charge in [-0.3, -0.25) is 9.79 Å². The summed E-state index contributed by atoms with van der Waals surface area (Å²) < 4.78 is 0. The summed E-state index contributed by atoms with van der Waals surface area (Å²) in [5.74, 6) is 0.377. The first-order chi connectivity index (χ1) is 8.72. The third kappa shape index (κ3) is 1.73. The van der Waals surface area contributed by atoms with Gasteiger partial charge in [-0.15, -0.1) is 0 Å². The van der Waals surface area contributed by atoms with Gasteiger partial charge in [0.25, 0.3) is 5.91 Å². The zero-order valence-corrected chi connectivity index (χ0v) is 10.5. The Morgan fingerprint density at radius 3 is 2.78 bits per heavy atom. The first kappa shape index (κ1) is 11.4. The molecule has 1 amide bonds. The largest absolute Gasteiger partial charge is 0.309 e. The fraction of sp³-hybridized carbons (Fsp3) is 0.429. The number of hydrogen-bond acceptors (Lipinski definition) is 3. The minimum Gasteiger partial charge on any atom is -0.309 e. The van der Waals surface area contributed by atoms with Crippen molar-refractivity contribution in [3.8, 4) is 0 Å². The summed E-state index contributed by atoms with van der Waals surface area (Å²) in [6, 6.07) is 7.97. The Morgan fingerprint density at radius 1 is 1.39 bits per heavy atom. The van der Waals surface area contributed by atoms with E-state index in [9.17, 15) is 4.79 Å². The SMILES string of the molecule is CCN1C(=O)C(N)N=C(C2CC2)c2ccccc21. The first-order valence-corrected chi connectivity index (χ1v) is 6.46. The van der Waals surface area contributed by atoms with E-state index >= 15 is 0 Å². The van der Waals surface area contributed by atoms with E-state index in [0.717, 1.165) is 29.8 Å². The molecule has 1 unspecified atom stereocenters. The van der Waals surface area contributed by atoms with E-state index in [1.165, 1.54) is 0 Å². The van der Waals surface area contributed by atoms with Gasteiger partial charge in [0.05, 0.1) is 5.69 Å². The summed E-state index contributed by atoms with van der Waals surface area (Å²) in [7, 11) is 0. The van der Waals surface area contributed by atoms with Gasteiger partial charge in [0.15, 0.2) is 6.17 Å². The number of rotatable bonds is 2. The lowest BCUT2D eigenvalue weighted by atomic mass is 10.0. The predicted octanol–water partition coefficient (Wildman–Crippen LogP) is 1.54. The molecule has 18 heavy (non-hydrogen) atoms. The van der Waals surface area contributed by atoms with E-state index in [4.69, 9.17) is 5.73 Å². The average Bonchev–Trinajstić information content (AvgIpc) is 3.21. The van der Waals surface area contributed by atoms with E-state index < -0.39 is 6.17 Å². The van der Waals surface area contributed by atoms with E-state index in [-0.39, 0.29) is 5.91 Å². The molecule has 0 spiro atoms. The van der Waals surface area contributed by atoms with E-state index in [0.29, 0.717) is 12.5 Å². The molecule has 0 saturated heterocycles. The van der Waals surface area contributed by atoms with Crippen LogP contribution >= 0.6 is 0 Å². The predicted molar refractivity (Wildman–Crippen MR) is 71.7 cm³/mol. The molecule has 1 aromatic carbocycles. The first-order valence-electron chi connectivity index (χ1n) is 6.46. The average molecular weight is 243 g/mol. The minimum atomic E-state index is -0.757. The van der Waals surface area contributed by atoms with Crippen LogP contribution in [0, 0.1) is 5.92 Å². The molecule has 0 radical (unpaired) electrons. The lowest BCUT2D eigenvalue weighted by Gasteiger charge is -2.22. The van der Waals surface area contributed by atoms with Crippen LogP contribution in [0.15, 0.2) is 29.3 Å². The van der Waals surface area contributed by atoms with Crippen molar-refractivity contribution in [1.29, 1.82) is 0 Å². The molecular weight excluding hydrogens is 226 g/mol. The van der Waals surface area contributed by atoms with Gasteiger partial charge < -0.3 is 10.6 Å². The number of hydrogen-bond donors (Lipinski definition) is 1. The number of aliphatic imine (C=N–C) groups is 1. The number of nitrogens with two attached hydrogens (primary N) is 1. The molecule has 4 heteroatoms. The maximum Gasteiger partial charge on any atom is 0.266 e. The van der Waals surface area contributed by atoms with E-state index in [2.05, 4.69) is 4.99 Å². The van der Waals surface area contributed by atoms with Crippen molar-refractivity contribution in [2.24, 2.45) is 16.6 Å². The van der Waals surface area contributed by atoms with Gasteiger partial charge in [-0.1, -0.05) is 18.2 Å². The van der Waals surface area contributed by atoms with Gasteiger partial charge in [-0.25, -0.2) is 0 Å². The second-order valence-corrected chi connectivity index (χ2v) is 4.83. The van der Waals surface area contributed by atoms with Crippen LogP contribution in [0.3, 0.4) is 0 Å². The number of carbonyl (C=O) groups excluding carboxylic acids is 1. The van der Waals surface area contributed by atoms with Crippen molar-refractivity contribution >= 4 is 17.3 Å². The fourth-order valence-corrected chi connectivity index (χ4v) is 2.49. The molecule has 94 valence electrons. The molecule has 0 aromatic heterocycles. The number of carbonyl (C=O) groups is 1. The summed E-state index contributed by atoms with van der Waals surface area (Å²) >= 11 is 0. The molecule has 1 aliphatic heterocycles. The molecule has 1 saturated carbocycles. The Hall–Kier alpha value is -1.68. The van der Waals surface area contributed by atoms with Gasteiger partial charge >= 0.3 is 0 Å². The van der Waals surface area contributed by atoms with Crippen molar-refractivity contribution in [3.63, 3.8) is 0 Å². The molecule has 0 bridgehead atoms. The van der Waals surface area contributed by atoms with Gasteiger partial charge in [0, 0.05) is 23.7 Å². The Bertz CT molecular complexity index is 520. The molecular formula is C14H17N3O. The number of amides is 1. The zero-order chi connectivity index (χ0) is 12.7. The second kappa shape index (κ2) is 4.21. The van der Waals surface area contributed by atoms with E-state index in [1.807, 2.05) is 31.2 Å². The lowest BCUT2D eigenvalue weighted by molar-refractivity contribution is -0.119. The molecule has 1 aromatic rings. The van der Waals surface area contributed by atoms with Crippen LogP contribution in [0.2, 0.25) is 0 Å². The van der Waals surface area contributed by atoms with Gasteiger partial charge in [0.2, 0.25) is 0 Å². The van der Waals surface area contributed by atoms with Crippen molar-refractivity contribution in [1.82, 2.24) is 0 Å². The number of benzodiazepines with no additional fused rings is 1. The summed E-state index contributed by atoms with van der Waals surface area (Å²) in [4.78, 5) is 18.4. The van der Waals surface area contributed by atoms with Crippen LogP contribution in [-0.2, 0) is 4.79 Å². The third-order valence-corrected chi connectivity index (χ3v) is 3.55. The maximum absolute atomic E-state index is 12.2. The van der Waals surface area contributed by atoms with Gasteiger partial charge in [-0.2, -0.15) is 0 Å². The molecule has 2 N–H and O–H groups in total. The summed E-state index contributed by atoms with van der Waals surface area (Å²) in [5, 5.41) is 0. The minimum absolute atomic E-state index is 0.111. The number of benzene rings is 1. The quantitative estimate of drug-likeness (QED) is 0.856. The molecule has 1 aliphatic carbocycles. The highest BCUT2D eigenvalue weighted by atomic mass is 16.2. The Morgan fingerprint density at radius 2 is 2.11 bits per heavy atom. The number of nitrogens with zero attached hydrogens (tertiary/aromatic N) is 2. The number of fused-ring (bicyclic) bond motifs is 1. The molecule has 2 aliphatic rings. The Kier molecular flexibility index (Phi) is 2.67. The maximum atomic E-state index is 12.2. The van der Waals surface area contributed by atoms with Crippen molar-refractivity contribution in [3.05, 3.63) is 29.8 Å². The van der Waals surface area contributed by atoms with Crippen molar-refractivity contribution in [2.45, 2.75) is 25.9 Å². The molecule has 1 heterocycles. The molecule has 1 atom stereocenters. The molecule has 3 rings (SSSR count). The highest BCUT2D eigenvalue weighted by Crippen LogP contribution is 2.37. The smallest absolute Gasteiger partial charge is 0.266 e. The second-order valence-electron chi connectivity index (χ2n) is 4.83. The number of anilines is 1. The summed E-state index contributed by atoms with van der Waals surface area (Å²) in [5.41, 5.74) is 8.94. The topological polar surface area (TPSA) is 58.7 Å². The number of para-hydroxylation sites is 1. The van der Waals surface area contributed by atoms with Crippen molar-refractivity contribution < 1.29 is 4.79 Å². The molecule has 4 nitrogen and oxygen atoms in total. The zero-order valence-electron chi connectivity index (χ0n) is 10.5. The van der Waals surface area contributed by atoms with Crippen LogP contribution < -0.4 is 10.6 Å². The van der Waals surface area contributed by atoms with Crippen LogP contribution in [-0.4, -0.2) is 24.3 Å². The van der Waals surface area contributed by atoms with E-state index in [1.54, 1.807) is 4.90 Å². The summed E-state index contributed by atoms with van der Waals surface area (Å²) in [6.45, 7) is 2.58. The van der Waals surface area contributed by atoms with Crippen LogP contribution in [0.25, 0.3) is 0 Å². The van der Waals surface area contributed by atoms with Gasteiger partial charge in [-0.05, 0) is 25.8 Å². The highest BCUT2D eigenvalue weighted by molar-refractivity contribution is 6.14. The normalized spacial score (nSPS) is 23.4. The highest BCUT2D eigenvalue weighted by Gasteiger charge is 2.35.